The molecule has 124 valence electrons. The largest absolute Gasteiger partial charge is 0.479 e. The van der Waals surface area contributed by atoms with Crippen LogP contribution >= 0.6 is 0 Å². The zero-order valence-electron chi connectivity index (χ0n) is 12.5. The third kappa shape index (κ3) is 3.06. The van der Waals surface area contributed by atoms with Crippen LogP contribution in [0.4, 0.5) is 8.78 Å². The van der Waals surface area contributed by atoms with Crippen molar-refractivity contribution in [3.05, 3.63) is 35.4 Å². The maximum absolute atomic E-state index is 13.8. The predicted molar refractivity (Wildman–Crippen MR) is 75.8 cm³/mol. The van der Waals surface area contributed by atoms with Crippen LogP contribution in [0.25, 0.3) is 0 Å². The molecule has 1 aromatic rings. The third-order valence-corrected chi connectivity index (χ3v) is 4.33. The van der Waals surface area contributed by atoms with E-state index in [1.807, 2.05) is 0 Å². The topological polar surface area (TPSA) is 66.8 Å². The van der Waals surface area contributed by atoms with Crippen LogP contribution in [0.15, 0.2) is 18.2 Å². The number of halogens is 2. The molecule has 7 heteroatoms. The second-order valence-corrected chi connectivity index (χ2v) is 6.10. The van der Waals surface area contributed by atoms with Gasteiger partial charge in [-0.3, -0.25) is 4.79 Å². The van der Waals surface area contributed by atoms with Crippen LogP contribution in [0.2, 0.25) is 0 Å². The van der Waals surface area contributed by atoms with E-state index in [0.29, 0.717) is 6.42 Å². The highest BCUT2D eigenvalue weighted by atomic mass is 19.1. The van der Waals surface area contributed by atoms with Gasteiger partial charge in [0, 0.05) is 23.9 Å². The van der Waals surface area contributed by atoms with E-state index in [2.05, 4.69) is 0 Å². The van der Waals surface area contributed by atoms with Gasteiger partial charge in [0.2, 0.25) is 5.91 Å². The van der Waals surface area contributed by atoms with E-state index >= 15 is 0 Å². The molecule has 1 amide bonds. The van der Waals surface area contributed by atoms with Crippen molar-refractivity contribution in [3.8, 4) is 0 Å². The number of nitrogens with zero attached hydrogens (tertiary/aromatic N) is 1. The Morgan fingerprint density at radius 2 is 1.91 bits per heavy atom. The molecule has 2 fully saturated rings. The average molecular weight is 325 g/mol. The number of ether oxygens (including phenoxy) is 1. The van der Waals surface area contributed by atoms with Crippen LogP contribution in [0, 0.1) is 17.6 Å². The molecule has 4 atom stereocenters. The normalized spacial score (nSPS) is 30.1. The number of carboxylic acid groups (broad SMARTS) is 1. The van der Waals surface area contributed by atoms with Gasteiger partial charge in [0.05, 0.1) is 12.6 Å². The Kier molecular flexibility index (Phi) is 4.06. The van der Waals surface area contributed by atoms with E-state index in [1.54, 1.807) is 6.92 Å². The van der Waals surface area contributed by atoms with Gasteiger partial charge < -0.3 is 14.7 Å². The summed E-state index contributed by atoms with van der Waals surface area (Å²) in [5, 5.41) is 9.05. The van der Waals surface area contributed by atoms with Crippen molar-refractivity contribution in [2.24, 2.45) is 5.92 Å². The summed E-state index contributed by atoms with van der Waals surface area (Å²) < 4.78 is 32.8. The predicted octanol–water partition coefficient (Wildman–Crippen LogP) is 1.77. The molecule has 0 radical (unpaired) electrons. The SMILES string of the molecule is C[C@@H]1CN(C(=O)C2CC2c2c(F)cccc2F)CC(C(=O)O)O1. The highest BCUT2D eigenvalue weighted by Crippen LogP contribution is 2.50. The number of aliphatic carboxylic acids is 1. The summed E-state index contributed by atoms with van der Waals surface area (Å²) in [6.45, 7) is 1.93. The van der Waals surface area contributed by atoms with Crippen LogP contribution in [0.1, 0.15) is 24.8 Å². The van der Waals surface area contributed by atoms with Gasteiger partial charge in [-0.2, -0.15) is 0 Å². The van der Waals surface area contributed by atoms with E-state index in [1.165, 1.54) is 23.1 Å². The lowest BCUT2D eigenvalue weighted by atomic mass is 10.1. The highest BCUT2D eigenvalue weighted by molar-refractivity contribution is 5.84. The number of carbonyl (C=O) groups excluding carboxylic acids is 1. The lowest BCUT2D eigenvalue weighted by Gasteiger charge is -2.35. The maximum atomic E-state index is 13.8. The third-order valence-electron chi connectivity index (χ3n) is 4.33. The Bertz CT molecular complexity index is 631. The van der Waals surface area contributed by atoms with E-state index in [-0.39, 0.29) is 24.6 Å². The van der Waals surface area contributed by atoms with Crippen molar-refractivity contribution in [3.63, 3.8) is 0 Å². The number of carboxylic acids is 1. The van der Waals surface area contributed by atoms with Crippen LogP contribution in [-0.4, -0.2) is 47.2 Å². The summed E-state index contributed by atoms with van der Waals surface area (Å²) in [7, 11) is 0. The molecule has 1 aliphatic heterocycles. The molecule has 1 aromatic carbocycles. The molecule has 1 heterocycles. The number of hydrogen-bond acceptors (Lipinski definition) is 3. The molecule has 0 bridgehead atoms. The first-order valence-corrected chi connectivity index (χ1v) is 7.49. The zero-order valence-corrected chi connectivity index (χ0v) is 12.5. The molecule has 0 spiro atoms. The Labute approximate surface area is 131 Å². The number of carbonyl (C=O) groups is 2. The van der Waals surface area contributed by atoms with Gasteiger partial charge in [-0.15, -0.1) is 0 Å². The summed E-state index contributed by atoms with van der Waals surface area (Å²) in [5.41, 5.74) is -0.0538. The zero-order chi connectivity index (χ0) is 16.7. The molecule has 1 saturated carbocycles. The van der Waals surface area contributed by atoms with Crippen molar-refractivity contribution < 1.29 is 28.2 Å². The summed E-state index contributed by atoms with van der Waals surface area (Å²) in [6.07, 6.45) is -1.08. The molecule has 0 aromatic heterocycles. The van der Waals surface area contributed by atoms with Gasteiger partial charge in [0.1, 0.15) is 11.6 Å². The van der Waals surface area contributed by atoms with Crippen molar-refractivity contribution >= 4 is 11.9 Å². The Morgan fingerprint density at radius 3 is 2.52 bits per heavy atom. The van der Waals surface area contributed by atoms with Gasteiger partial charge in [0.15, 0.2) is 6.10 Å². The Balaban J connectivity index is 1.72. The number of benzene rings is 1. The van der Waals surface area contributed by atoms with Crippen LogP contribution < -0.4 is 0 Å². The lowest BCUT2D eigenvalue weighted by molar-refractivity contribution is -0.167. The molecular formula is C16H17F2NO4. The average Bonchev–Trinajstić information content (AvgIpc) is 3.25. The molecule has 1 N–H and O–H groups in total. The Hall–Kier alpha value is -2.02. The molecule has 5 nitrogen and oxygen atoms in total. The van der Waals surface area contributed by atoms with E-state index < -0.39 is 41.6 Å². The summed E-state index contributed by atoms with van der Waals surface area (Å²) in [5.74, 6) is -3.67. The number of hydrogen-bond donors (Lipinski definition) is 1. The van der Waals surface area contributed by atoms with Gasteiger partial charge in [-0.1, -0.05) is 6.07 Å². The minimum atomic E-state index is -1.12. The van der Waals surface area contributed by atoms with Crippen LogP contribution in [0.3, 0.4) is 0 Å². The Morgan fingerprint density at radius 1 is 1.26 bits per heavy atom. The quantitative estimate of drug-likeness (QED) is 0.920. The van der Waals surface area contributed by atoms with E-state index in [0.717, 1.165) is 0 Å². The van der Waals surface area contributed by atoms with Crippen molar-refractivity contribution in [2.75, 3.05) is 13.1 Å². The van der Waals surface area contributed by atoms with Crippen molar-refractivity contribution in [1.29, 1.82) is 0 Å². The number of morpholine rings is 1. The highest BCUT2D eigenvalue weighted by Gasteiger charge is 2.49. The number of amides is 1. The van der Waals surface area contributed by atoms with E-state index in [4.69, 9.17) is 9.84 Å². The molecular weight excluding hydrogens is 308 g/mol. The smallest absolute Gasteiger partial charge is 0.334 e. The first kappa shape index (κ1) is 15.9. The molecule has 1 aliphatic carbocycles. The summed E-state index contributed by atoms with van der Waals surface area (Å²) in [4.78, 5) is 25.0. The van der Waals surface area contributed by atoms with E-state index in [9.17, 15) is 18.4 Å². The molecule has 1 saturated heterocycles. The first-order valence-electron chi connectivity index (χ1n) is 7.49. The van der Waals surface area contributed by atoms with Crippen molar-refractivity contribution in [1.82, 2.24) is 4.90 Å². The number of rotatable bonds is 3. The molecule has 3 unspecified atom stereocenters. The molecule has 3 rings (SSSR count). The fourth-order valence-corrected chi connectivity index (χ4v) is 3.15. The standard InChI is InChI=1S/C16H17F2NO4/c1-8-6-19(7-13(23-8)16(21)22)15(20)10-5-9(10)14-11(17)3-2-4-12(14)18/h2-4,8-10,13H,5-7H2,1H3,(H,21,22)/t8-,9?,10?,13?/m1/s1. The fourth-order valence-electron chi connectivity index (χ4n) is 3.15. The molecule has 2 aliphatic rings. The minimum Gasteiger partial charge on any atom is -0.479 e. The maximum Gasteiger partial charge on any atom is 0.334 e. The van der Waals surface area contributed by atoms with Gasteiger partial charge in [0.25, 0.3) is 0 Å². The second-order valence-electron chi connectivity index (χ2n) is 6.10. The summed E-state index contributed by atoms with van der Waals surface area (Å²) >= 11 is 0. The lowest BCUT2D eigenvalue weighted by Crippen LogP contribution is -2.52. The summed E-state index contributed by atoms with van der Waals surface area (Å²) in [6, 6.07) is 3.64. The first-order chi connectivity index (χ1) is 10.9. The van der Waals surface area contributed by atoms with Crippen LogP contribution in [0.5, 0.6) is 0 Å². The fraction of sp³-hybridized carbons (Fsp3) is 0.500. The van der Waals surface area contributed by atoms with Crippen LogP contribution in [-0.2, 0) is 14.3 Å². The second kappa shape index (κ2) is 5.88. The molecule has 23 heavy (non-hydrogen) atoms. The van der Waals surface area contributed by atoms with Gasteiger partial charge in [-0.25, -0.2) is 13.6 Å². The van der Waals surface area contributed by atoms with Gasteiger partial charge in [-0.05, 0) is 25.5 Å². The van der Waals surface area contributed by atoms with Gasteiger partial charge >= 0.3 is 5.97 Å². The minimum absolute atomic E-state index is 0.0402. The monoisotopic (exact) mass is 325 g/mol. The van der Waals surface area contributed by atoms with Crippen molar-refractivity contribution in [2.45, 2.75) is 31.5 Å².